The Morgan fingerprint density at radius 3 is 2.73 bits per heavy atom. The van der Waals surface area contributed by atoms with Crippen LogP contribution in [0.15, 0.2) is 40.9 Å². The monoisotopic (exact) mass is 452 g/mol. The zero-order chi connectivity index (χ0) is 23.4. The highest BCUT2D eigenvalue weighted by Crippen LogP contribution is 2.37. The molecule has 1 amide bonds. The van der Waals surface area contributed by atoms with Gasteiger partial charge in [-0.15, -0.1) is 0 Å². The minimum atomic E-state index is -1.09. The summed E-state index contributed by atoms with van der Waals surface area (Å²) >= 11 is 0. The molecule has 2 heterocycles. The summed E-state index contributed by atoms with van der Waals surface area (Å²) in [7, 11) is 0. The lowest BCUT2D eigenvalue weighted by molar-refractivity contribution is -0.141. The fourth-order valence-electron chi connectivity index (χ4n) is 3.85. The number of carbonyl (C=O) groups is 2. The number of carboxylic acid groups (broad SMARTS) is 1. The van der Waals surface area contributed by atoms with Crippen molar-refractivity contribution in [1.82, 2.24) is 15.1 Å². The second-order valence-electron chi connectivity index (χ2n) is 7.22. The number of rotatable bonds is 10. The molecular weight excluding hydrogens is 428 g/mol. The smallest absolute Gasteiger partial charge is 0.325 e. The molecule has 1 aromatic heterocycles. The number of fused-ring (bicyclic) bond motifs is 1. The lowest BCUT2D eigenvalue weighted by Gasteiger charge is -2.29. The Kier molecular flexibility index (Phi) is 6.43. The lowest BCUT2D eigenvalue weighted by atomic mass is 10.0. The normalized spacial score (nSPS) is 12.4. The Morgan fingerprint density at radius 2 is 2.00 bits per heavy atom. The van der Waals surface area contributed by atoms with Gasteiger partial charge in [0.15, 0.2) is 11.5 Å². The van der Waals surface area contributed by atoms with Gasteiger partial charge in [0.25, 0.3) is 5.89 Å². The summed E-state index contributed by atoms with van der Waals surface area (Å²) in [6.45, 7) is 4.87. The molecule has 0 saturated carbocycles. The van der Waals surface area contributed by atoms with E-state index in [0.29, 0.717) is 61.4 Å². The van der Waals surface area contributed by atoms with E-state index in [9.17, 15) is 9.59 Å². The molecule has 172 valence electrons. The second kappa shape index (κ2) is 9.60. The van der Waals surface area contributed by atoms with Crippen LogP contribution in [0.4, 0.5) is 5.69 Å². The van der Waals surface area contributed by atoms with Crippen molar-refractivity contribution >= 4 is 18.1 Å². The first kappa shape index (κ1) is 22.1. The topological polar surface area (TPSA) is 118 Å². The zero-order valence-electron chi connectivity index (χ0n) is 18.4. The number of amides is 1. The number of carbonyl (C=O) groups excluding carboxylic acids is 1. The Labute approximate surface area is 190 Å². The number of hydrogen-bond donors (Lipinski definition) is 1. The summed E-state index contributed by atoms with van der Waals surface area (Å²) in [5.74, 6) is 0.898. The Bertz CT molecular complexity index is 1160. The van der Waals surface area contributed by atoms with Gasteiger partial charge in [0.1, 0.15) is 6.54 Å². The van der Waals surface area contributed by atoms with Crippen molar-refractivity contribution in [3.63, 3.8) is 0 Å². The number of hydrogen-bond acceptors (Lipinski definition) is 8. The molecule has 0 fully saturated rings. The quantitative estimate of drug-likeness (QED) is 0.463. The first-order valence-corrected chi connectivity index (χ1v) is 10.6. The van der Waals surface area contributed by atoms with Crippen LogP contribution in [0, 0.1) is 0 Å². The molecule has 1 N–H and O–H groups in total. The summed E-state index contributed by atoms with van der Waals surface area (Å²) in [6, 6.07) is 11.0. The molecule has 1 aliphatic rings. The highest BCUT2D eigenvalue weighted by atomic mass is 16.5. The maximum Gasteiger partial charge on any atom is 0.325 e. The van der Waals surface area contributed by atoms with Crippen LogP contribution in [0.1, 0.15) is 19.4 Å². The van der Waals surface area contributed by atoms with Crippen molar-refractivity contribution in [2.45, 2.75) is 20.3 Å². The molecule has 0 bridgehead atoms. The van der Waals surface area contributed by atoms with E-state index in [1.54, 1.807) is 11.1 Å². The molecule has 10 nitrogen and oxygen atoms in total. The predicted octanol–water partition coefficient (Wildman–Crippen LogP) is 3.02. The second-order valence-corrected chi connectivity index (χ2v) is 7.22. The third-order valence-electron chi connectivity index (χ3n) is 5.19. The summed E-state index contributed by atoms with van der Waals surface area (Å²) < 4.78 is 16.8. The van der Waals surface area contributed by atoms with Gasteiger partial charge in [-0.25, -0.2) is 5.01 Å². The Morgan fingerprint density at radius 1 is 1.21 bits per heavy atom. The van der Waals surface area contributed by atoms with E-state index in [1.165, 1.54) is 0 Å². The molecule has 2 aromatic carbocycles. The van der Waals surface area contributed by atoms with Gasteiger partial charge in [0, 0.05) is 17.7 Å². The number of anilines is 1. The van der Waals surface area contributed by atoms with Gasteiger partial charge in [0.05, 0.1) is 18.9 Å². The average molecular weight is 452 g/mol. The van der Waals surface area contributed by atoms with Crippen LogP contribution in [0.3, 0.4) is 0 Å². The fourth-order valence-corrected chi connectivity index (χ4v) is 3.85. The zero-order valence-corrected chi connectivity index (χ0v) is 18.4. The van der Waals surface area contributed by atoms with E-state index >= 15 is 0 Å². The first-order valence-electron chi connectivity index (χ1n) is 10.6. The molecule has 3 aromatic rings. The minimum Gasteiger partial charge on any atom is -0.490 e. The Hall–Kier alpha value is -4.08. The van der Waals surface area contributed by atoms with Gasteiger partial charge < -0.3 is 19.1 Å². The maximum atomic E-state index is 11.5. The van der Waals surface area contributed by atoms with Crippen LogP contribution in [0.25, 0.3) is 22.8 Å². The standard InChI is InChI=1S/C23H24N4O6/c1-3-31-19-9-8-15(12-20(19)32-4-2)23-24-22(25-33-23)17-6-5-7-18-16(17)10-11-27(18)26(14-28)13-21(29)30/h5-9,12,14H,3-4,10-11,13H2,1-2H3,(H,29,30). The third-order valence-corrected chi connectivity index (χ3v) is 5.19. The molecule has 0 unspecified atom stereocenters. The van der Waals surface area contributed by atoms with Crippen molar-refractivity contribution in [3.05, 3.63) is 42.0 Å². The highest BCUT2D eigenvalue weighted by Gasteiger charge is 2.28. The summed E-state index contributed by atoms with van der Waals surface area (Å²) in [6.07, 6.45) is 1.13. The third kappa shape index (κ3) is 4.45. The van der Waals surface area contributed by atoms with Crippen molar-refractivity contribution in [2.24, 2.45) is 0 Å². The molecule has 33 heavy (non-hydrogen) atoms. The number of benzene rings is 2. The number of hydrazine groups is 1. The van der Waals surface area contributed by atoms with Crippen LogP contribution < -0.4 is 14.5 Å². The van der Waals surface area contributed by atoms with Crippen molar-refractivity contribution in [1.29, 1.82) is 0 Å². The van der Waals surface area contributed by atoms with Crippen molar-refractivity contribution in [3.8, 4) is 34.3 Å². The van der Waals surface area contributed by atoms with Gasteiger partial charge in [-0.3, -0.25) is 14.6 Å². The summed E-state index contributed by atoms with van der Waals surface area (Å²) in [4.78, 5) is 27.1. The van der Waals surface area contributed by atoms with Gasteiger partial charge in [-0.2, -0.15) is 4.98 Å². The SMILES string of the molecule is CCOc1ccc(-c2nc(-c3cccc4c3CCN4N(C=O)CC(=O)O)no2)cc1OCC. The first-order chi connectivity index (χ1) is 16.0. The number of aliphatic carboxylic acids is 1. The summed E-state index contributed by atoms with van der Waals surface area (Å²) in [5, 5.41) is 16.1. The molecule has 1 aliphatic heterocycles. The molecule has 0 radical (unpaired) electrons. The van der Waals surface area contributed by atoms with Gasteiger partial charge in [-0.1, -0.05) is 17.3 Å². The van der Waals surface area contributed by atoms with E-state index in [-0.39, 0.29) is 0 Å². The molecule has 0 aliphatic carbocycles. The van der Waals surface area contributed by atoms with E-state index in [2.05, 4.69) is 10.1 Å². The number of aromatic nitrogens is 2. The number of nitrogens with zero attached hydrogens (tertiary/aromatic N) is 4. The summed E-state index contributed by atoms with van der Waals surface area (Å²) in [5.41, 5.74) is 3.13. The number of carboxylic acids is 1. The van der Waals surface area contributed by atoms with Crippen LogP contribution in [-0.4, -0.2) is 58.9 Å². The van der Waals surface area contributed by atoms with E-state index in [4.69, 9.17) is 19.1 Å². The average Bonchev–Trinajstić information content (AvgIpc) is 3.46. The van der Waals surface area contributed by atoms with Crippen LogP contribution in [-0.2, 0) is 16.0 Å². The minimum absolute atomic E-state index is 0.335. The van der Waals surface area contributed by atoms with E-state index in [0.717, 1.165) is 21.8 Å². The lowest BCUT2D eigenvalue weighted by Crippen LogP contribution is -2.43. The largest absolute Gasteiger partial charge is 0.490 e. The maximum absolute atomic E-state index is 11.5. The Balaban J connectivity index is 1.65. The van der Waals surface area contributed by atoms with Gasteiger partial charge in [-0.05, 0) is 50.1 Å². The number of ether oxygens (including phenoxy) is 2. The van der Waals surface area contributed by atoms with Crippen LogP contribution in [0.2, 0.25) is 0 Å². The molecular formula is C23H24N4O6. The predicted molar refractivity (Wildman–Crippen MR) is 119 cm³/mol. The van der Waals surface area contributed by atoms with Crippen LogP contribution >= 0.6 is 0 Å². The molecule has 0 saturated heterocycles. The molecule has 10 heteroatoms. The van der Waals surface area contributed by atoms with E-state index < -0.39 is 12.5 Å². The van der Waals surface area contributed by atoms with E-state index in [1.807, 2.05) is 44.2 Å². The van der Waals surface area contributed by atoms with Crippen molar-refractivity contribution < 1.29 is 28.7 Å². The molecule has 0 atom stereocenters. The highest BCUT2D eigenvalue weighted by molar-refractivity contribution is 5.77. The van der Waals surface area contributed by atoms with Crippen LogP contribution in [0.5, 0.6) is 11.5 Å². The van der Waals surface area contributed by atoms with Crippen molar-refractivity contribution in [2.75, 3.05) is 31.3 Å². The van der Waals surface area contributed by atoms with Gasteiger partial charge >= 0.3 is 5.97 Å². The van der Waals surface area contributed by atoms with Gasteiger partial charge in [0.2, 0.25) is 12.2 Å². The fraction of sp³-hybridized carbons (Fsp3) is 0.304. The molecule has 4 rings (SSSR count). The molecule has 0 spiro atoms.